The fourth-order valence-electron chi connectivity index (χ4n) is 3.75. The highest BCUT2D eigenvalue weighted by atomic mass is 35.5. The number of rotatable bonds is 4. The van der Waals surface area contributed by atoms with Crippen molar-refractivity contribution in [2.75, 3.05) is 33.2 Å². The van der Waals surface area contributed by atoms with Crippen LogP contribution in [0.3, 0.4) is 0 Å². The third-order valence-corrected chi connectivity index (χ3v) is 6.38. The fraction of sp³-hybridized carbons (Fsp3) is 0.364. The lowest BCUT2D eigenvalue weighted by molar-refractivity contribution is 0.169. The molecule has 27 heavy (non-hydrogen) atoms. The van der Waals surface area contributed by atoms with Gasteiger partial charge in [-0.2, -0.15) is 0 Å². The molecule has 1 aliphatic carbocycles. The maximum atomic E-state index is 6.82. The van der Waals surface area contributed by atoms with Crippen molar-refractivity contribution < 1.29 is 4.74 Å². The van der Waals surface area contributed by atoms with Crippen molar-refractivity contribution in [3.8, 4) is 0 Å². The van der Waals surface area contributed by atoms with E-state index in [1.165, 1.54) is 0 Å². The van der Waals surface area contributed by atoms with Gasteiger partial charge in [-0.25, -0.2) is 0 Å². The highest BCUT2D eigenvalue weighted by Crippen LogP contribution is 2.45. The fourth-order valence-corrected chi connectivity index (χ4v) is 4.35. The second-order valence-electron chi connectivity index (χ2n) is 7.17. The zero-order chi connectivity index (χ0) is 18.8. The number of piperazine rings is 1. The zero-order valence-corrected chi connectivity index (χ0v) is 17.0. The van der Waals surface area contributed by atoms with Crippen LogP contribution in [0.2, 0.25) is 0 Å². The van der Waals surface area contributed by atoms with Gasteiger partial charge in [0.05, 0.1) is 11.1 Å². The van der Waals surface area contributed by atoms with Gasteiger partial charge in [0.25, 0.3) is 0 Å². The number of nitrogens with zero attached hydrogens (tertiary/aromatic N) is 2. The van der Waals surface area contributed by atoms with Gasteiger partial charge >= 0.3 is 0 Å². The lowest BCUT2D eigenvalue weighted by Crippen LogP contribution is -2.45. The van der Waals surface area contributed by atoms with E-state index in [0.717, 1.165) is 54.3 Å². The molecular weight excluding hydrogens is 379 g/mol. The van der Waals surface area contributed by atoms with Crippen LogP contribution in [0.25, 0.3) is 5.70 Å². The third-order valence-electron chi connectivity index (χ3n) is 5.31. The van der Waals surface area contributed by atoms with Crippen LogP contribution in [0.15, 0.2) is 60.4 Å². The summed E-state index contributed by atoms with van der Waals surface area (Å²) in [6, 6.07) is 18.5. The average molecular weight is 403 g/mol. The number of hydrogen-bond donors (Lipinski definition) is 0. The third kappa shape index (κ3) is 3.82. The van der Waals surface area contributed by atoms with E-state index in [4.69, 9.17) is 27.9 Å². The van der Waals surface area contributed by atoms with Gasteiger partial charge in [0.1, 0.15) is 17.7 Å². The topological polar surface area (TPSA) is 15.7 Å². The molecule has 2 aliphatic rings. The molecule has 0 radical (unpaired) electrons. The van der Waals surface area contributed by atoms with E-state index in [1.54, 1.807) is 0 Å². The summed E-state index contributed by atoms with van der Waals surface area (Å²) in [5.74, 6) is 0.795. The Balaban J connectivity index is 1.72. The molecule has 0 spiro atoms. The van der Waals surface area contributed by atoms with E-state index in [2.05, 4.69) is 47.2 Å². The monoisotopic (exact) mass is 402 g/mol. The van der Waals surface area contributed by atoms with Crippen molar-refractivity contribution in [1.82, 2.24) is 9.80 Å². The molecule has 1 heterocycles. The van der Waals surface area contributed by atoms with Crippen molar-refractivity contribution in [2.24, 2.45) is 0 Å². The van der Waals surface area contributed by atoms with Crippen LogP contribution in [0, 0.1) is 0 Å². The summed E-state index contributed by atoms with van der Waals surface area (Å²) in [5.41, 5.74) is 4.45. The minimum Gasteiger partial charge on any atom is -0.489 e. The first-order chi connectivity index (χ1) is 13.1. The van der Waals surface area contributed by atoms with Crippen LogP contribution < -0.4 is 0 Å². The summed E-state index contributed by atoms with van der Waals surface area (Å²) in [6.45, 7) is 4.44. The maximum Gasteiger partial charge on any atom is 0.140 e. The highest BCUT2D eigenvalue weighted by Gasteiger charge is 2.37. The highest BCUT2D eigenvalue weighted by molar-refractivity contribution is 6.32. The van der Waals surface area contributed by atoms with Crippen molar-refractivity contribution in [2.45, 2.75) is 17.4 Å². The van der Waals surface area contributed by atoms with Gasteiger partial charge < -0.3 is 14.5 Å². The first-order valence-corrected chi connectivity index (χ1v) is 10.2. The van der Waals surface area contributed by atoms with Crippen LogP contribution in [0.1, 0.15) is 22.1 Å². The summed E-state index contributed by atoms with van der Waals surface area (Å²) in [7, 11) is 2.16. The molecule has 1 aliphatic heterocycles. The Bertz CT molecular complexity index is 816. The maximum absolute atomic E-state index is 6.82. The minimum absolute atomic E-state index is 0.301. The smallest absolute Gasteiger partial charge is 0.140 e. The first kappa shape index (κ1) is 18.7. The first-order valence-electron chi connectivity index (χ1n) is 9.37. The molecule has 0 amide bonds. The number of alkyl halides is 2. The number of halogens is 2. The number of hydrogen-bond acceptors (Lipinski definition) is 3. The summed E-state index contributed by atoms with van der Waals surface area (Å²) in [6.07, 6.45) is 0. The molecule has 142 valence electrons. The molecule has 0 saturated carbocycles. The van der Waals surface area contributed by atoms with Crippen molar-refractivity contribution in [1.29, 1.82) is 0 Å². The minimum atomic E-state index is -0.389. The Morgan fingerprint density at radius 3 is 2.30 bits per heavy atom. The summed E-state index contributed by atoms with van der Waals surface area (Å²) in [5, 5.41) is -0.690. The van der Waals surface area contributed by atoms with E-state index < -0.39 is 0 Å². The van der Waals surface area contributed by atoms with E-state index in [1.807, 2.05) is 24.3 Å². The molecule has 5 heteroatoms. The van der Waals surface area contributed by atoms with Gasteiger partial charge in [0.2, 0.25) is 0 Å². The normalized spacial score (nSPS) is 23.3. The van der Waals surface area contributed by atoms with Crippen molar-refractivity contribution in [3.63, 3.8) is 0 Å². The zero-order valence-electron chi connectivity index (χ0n) is 15.4. The molecule has 2 aromatic carbocycles. The van der Waals surface area contributed by atoms with Gasteiger partial charge in [0, 0.05) is 31.7 Å². The second-order valence-corrected chi connectivity index (χ2v) is 8.11. The van der Waals surface area contributed by atoms with Crippen molar-refractivity contribution >= 4 is 28.9 Å². The molecule has 0 N–H and O–H groups in total. The van der Waals surface area contributed by atoms with E-state index >= 15 is 0 Å². The lowest BCUT2D eigenvalue weighted by Gasteiger charge is -2.40. The second kappa shape index (κ2) is 8.14. The molecular formula is C22H24Cl2N2O. The standard InChI is InChI=1S/C22H24Cl2N2O/c1-25-11-13-26(14-12-25)21-18-10-6-5-9-17(18)19(23)20(24)22(21)27-15-16-7-3-2-4-8-16/h2-10,19-20H,11-15H2,1H3. The Morgan fingerprint density at radius 2 is 1.56 bits per heavy atom. The van der Waals surface area contributed by atoms with Gasteiger partial charge in [-0.1, -0.05) is 54.6 Å². The SMILES string of the molecule is CN1CCN(C2=C(OCc3ccccc3)C(Cl)C(Cl)c3ccccc32)CC1. The van der Waals surface area contributed by atoms with Gasteiger partial charge in [-0.05, 0) is 18.2 Å². The molecule has 2 unspecified atom stereocenters. The summed E-state index contributed by atoms with van der Waals surface area (Å²) in [4.78, 5) is 4.75. The van der Waals surface area contributed by atoms with Crippen LogP contribution in [0.4, 0.5) is 0 Å². The Morgan fingerprint density at radius 1 is 0.889 bits per heavy atom. The van der Waals surface area contributed by atoms with Crippen LogP contribution in [-0.4, -0.2) is 48.4 Å². The molecule has 1 fully saturated rings. The average Bonchev–Trinajstić information content (AvgIpc) is 2.71. The Hall–Kier alpha value is -1.68. The molecule has 4 rings (SSSR count). The van der Waals surface area contributed by atoms with Crippen LogP contribution in [0.5, 0.6) is 0 Å². The predicted octanol–water partition coefficient (Wildman–Crippen LogP) is 4.72. The van der Waals surface area contributed by atoms with E-state index in [9.17, 15) is 0 Å². The number of ether oxygens (including phenoxy) is 1. The number of fused-ring (bicyclic) bond motifs is 1. The lowest BCUT2D eigenvalue weighted by atomic mass is 9.91. The molecule has 0 aromatic heterocycles. The van der Waals surface area contributed by atoms with Crippen LogP contribution >= 0.6 is 23.2 Å². The summed E-state index contributed by atoms with van der Waals surface area (Å²) < 4.78 is 6.31. The molecule has 2 aromatic rings. The van der Waals surface area contributed by atoms with Gasteiger partial charge in [0.15, 0.2) is 0 Å². The quantitative estimate of drug-likeness (QED) is 0.687. The van der Waals surface area contributed by atoms with E-state index in [-0.39, 0.29) is 10.8 Å². The van der Waals surface area contributed by atoms with Crippen molar-refractivity contribution in [3.05, 3.63) is 77.0 Å². The van der Waals surface area contributed by atoms with Crippen LogP contribution in [-0.2, 0) is 11.3 Å². The number of allylic oxidation sites excluding steroid dienone is 1. The van der Waals surface area contributed by atoms with Gasteiger partial charge in [-0.15, -0.1) is 23.2 Å². The molecule has 2 atom stereocenters. The molecule has 1 saturated heterocycles. The van der Waals surface area contributed by atoms with E-state index in [0.29, 0.717) is 6.61 Å². The Labute approximate surface area is 171 Å². The number of benzene rings is 2. The number of likely N-dealkylation sites (N-methyl/N-ethyl adjacent to an activating group) is 1. The molecule has 0 bridgehead atoms. The Kier molecular flexibility index (Phi) is 5.63. The molecule has 3 nitrogen and oxygen atoms in total. The van der Waals surface area contributed by atoms with Gasteiger partial charge in [-0.3, -0.25) is 0 Å². The summed E-state index contributed by atoms with van der Waals surface area (Å²) >= 11 is 13.5. The largest absolute Gasteiger partial charge is 0.489 e. The predicted molar refractivity (Wildman–Crippen MR) is 112 cm³/mol.